The molecule has 0 aromatic heterocycles. The van der Waals surface area contributed by atoms with E-state index in [-0.39, 0.29) is 0 Å². The Hall–Kier alpha value is -1.22. The monoisotopic (exact) mass is 291 g/mol. The van der Waals surface area contributed by atoms with Crippen LogP contribution < -0.4 is 14.8 Å². The first-order chi connectivity index (χ1) is 10.3. The van der Waals surface area contributed by atoms with Crippen molar-refractivity contribution in [3.63, 3.8) is 0 Å². The van der Waals surface area contributed by atoms with Gasteiger partial charge in [-0.15, -0.1) is 0 Å². The zero-order chi connectivity index (χ0) is 14.9. The normalized spacial score (nSPS) is 22.0. The average Bonchev–Trinajstić information content (AvgIpc) is 2.50. The van der Waals surface area contributed by atoms with Crippen molar-refractivity contribution in [1.82, 2.24) is 5.32 Å². The van der Waals surface area contributed by atoms with Crippen LogP contribution in [0.15, 0.2) is 24.3 Å². The first kappa shape index (κ1) is 16.2. The minimum atomic E-state index is 0.670. The molecule has 1 fully saturated rings. The number of rotatable bonds is 8. The van der Waals surface area contributed by atoms with Gasteiger partial charge in [0.2, 0.25) is 0 Å². The fourth-order valence-corrected chi connectivity index (χ4v) is 2.94. The van der Waals surface area contributed by atoms with Crippen LogP contribution in [0.4, 0.5) is 0 Å². The highest BCUT2D eigenvalue weighted by molar-refractivity contribution is 5.39. The molecule has 2 unspecified atom stereocenters. The zero-order valence-electron chi connectivity index (χ0n) is 13.4. The fourth-order valence-electron chi connectivity index (χ4n) is 2.94. The van der Waals surface area contributed by atoms with Gasteiger partial charge in [0.15, 0.2) is 11.5 Å². The molecule has 1 aliphatic rings. The Kier molecular flexibility index (Phi) is 6.87. The van der Waals surface area contributed by atoms with E-state index < -0.39 is 0 Å². The quantitative estimate of drug-likeness (QED) is 0.734. The zero-order valence-corrected chi connectivity index (χ0v) is 13.4. The molecule has 1 aromatic rings. The minimum absolute atomic E-state index is 0.670. The first-order valence-corrected chi connectivity index (χ1v) is 8.37. The Balaban J connectivity index is 1.70. The lowest BCUT2D eigenvalue weighted by Gasteiger charge is -2.27. The van der Waals surface area contributed by atoms with Gasteiger partial charge in [-0.2, -0.15) is 0 Å². The van der Waals surface area contributed by atoms with Crippen LogP contribution in [0, 0.1) is 5.92 Å². The molecule has 0 bridgehead atoms. The molecule has 0 radical (unpaired) electrons. The maximum Gasteiger partial charge on any atom is 0.161 e. The number of hydrogen-bond donors (Lipinski definition) is 1. The second kappa shape index (κ2) is 8.93. The summed E-state index contributed by atoms with van der Waals surface area (Å²) in [6, 6.07) is 8.60. The Morgan fingerprint density at radius 1 is 1.10 bits per heavy atom. The molecule has 3 nitrogen and oxygen atoms in total. The largest absolute Gasteiger partial charge is 0.490 e. The van der Waals surface area contributed by atoms with E-state index in [1.165, 1.54) is 25.7 Å². The van der Waals surface area contributed by atoms with Crippen molar-refractivity contribution in [1.29, 1.82) is 0 Å². The van der Waals surface area contributed by atoms with E-state index in [2.05, 4.69) is 19.2 Å². The second-order valence-electron chi connectivity index (χ2n) is 6.07. The van der Waals surface area contributed by atoms with E-state index in [1.54, 1.807) is 0 Å². The van der Waals surface area contributed by atoms with Crippen LogP contribution in [0.3, 0.4) is 0 Å². The molecule has 0 heterocycles. The van der Waals surface area contributed by atoms with Crippen molar-refractivity contribution < 1.29 is 9.47 Å². The third-order valence-corrected chi connectivity index (χ3v) is 4.04. The van der Waals surface area contributed by atoms with E-state index >= 15 is 0 Å². The van der Waals surface area contributed by atoms with Gasteiger partial charge in [0, 0.05) is 12.6 Å². The van der Waals surface area contributed by atoms with Crippen LogP contribution in [0.1, 0.15) is 46.0 Å². The maximum absolute atomic E-state index is 5.86. The van der Waals surface area contributed by atoms with Crippen molar-refractivity contribution in [3.05, 3.63) is 24.3 Å². The van der Waals surface area contributed by atoms with E-state index in [9.17, 15) is 0 Å². The van der Waals surface area contributed by atoms with Gasteiger partial charge in [0.25, 0.3) is 0 Å². The Morgan fingerprint density at radius 3 is 2.48 bits per heavy atom. The van der Waals surface area contributed by atoms with Crippen LogP contribution in [0.2, 0.25) is 0 Å². The lowest BCUT2D eigenvalue weighted by Crippen LogP contribution is -2.36. The molecule has 2 atom stereocenters. The van der Waals surface area contributed by atoms with Crippen molar-refractivity contribution in [3.8, 4) is 11.5 Å². The highest BCUT2D eigenvalue weighted by atomic mass is 16.5. The predicted octanol–water partition coefficient (Wildman–Crippen LogP) is 4.02. The van der Waals surface area contributed by atoms with E-state index in [0.717, 1.165) is 37.0 Å². The standard InChI is InChI=1S/C18H29NO2/c1-3-12-20-17-9-4-5-10-18(17)21-13-11-19-16-8-6-7-15(2)14-16/h4-5,9-10,15-16,19H,3,6-8,11-14H2,1-2H3. The Bertz CT molecular complexity index is 408. The fraction of sp³-hybridized carbons (Fsp3) is 0.667. The molecule has 1 saturated carbocycles. The molecule has 0 amide bonds. The maximum atomic E-state index is 5.86. The highest BCUT2D eigenvalue weighted by Gasteiger charge is 2.17. The SMILES string of the molecule is CCCOc1ccccc1OCCNC1CCCC(C)C1. The van der Waals surface area contributed by atoms with Gasteiger partial charge < -0.3 is 14.8 Å². The molecule has 0 aliphatic heterocycles. The number of benzene rings is 1. The molecule has 2 rings (SSSR count). The van der Waals surface area contributed by atoms with Crippen molar-refractivity contribution in [2.24, 2.45) is 5.92 Å². The van der Waals surface area contributed by atoms with Crippen molar-refractivity contribution in [2.45, 2.75) is 52.0 Å². The lowest BCUT2D eigenvalue weighted by atomic mass is 9.87. The summed E-state index contributed by atoms with van der Waals surface area (Å²) in [6.45, 7) is 6.79. The summed E-state index contributed by atoms with van der Waals surface area (Å²) in [5.74, 6) is 2.57. The number of ether oxygens (including phenoxy) is 2. The average molecular weight is 291 g/mol. The molecule has 118 valence electrons. The number of para-hydroxylation sites is 2. The molecule has 3 heteroatoms. The third kappa shape index (κ3) is 5.58. The van der Waals surface area contributed by atoms with Gasteiger partial charge in [-0.3, -0.25) is 0 Å². The van der Waals surface area contributed by atoms with E-state index in [4.69, 9.17) is 9.47 Å². The number of nitrogens with one attached hydrogen (secondary N) is 1. The summed E-state index contributed by atoms with van der Waals surface area (Å²) >= 11 is 0. The van der Waals surface area contributed by atoms with Gasteiger partial charge in [0.1, 0.15) is 6.61 Å². The minimum Gasteiger partial charge on any atom is -0.490 e. The smallest absolute Gasteiger partial charge is 0.161 e. The Labute approximate surface area is 129 Å². The van der Waals surface area contributed by atoms with Gasteiger partial charge in [0.05, 0.1) is 6.61 Å². The summed E-state index contributed by atoms with van der Waals surface area (Å²) in [6.07, 6.45) is 6.36. The van der Waals surface area contributed by atoms with E-state index in [0.29, 0.717) is 12.6 Å². The van der Waals surface area contributed by atoms with Gasteiger partial charge in [-0.25, -0.2) is 0 Å². The van der Waals surface area contributed by atoms with Crippen molar-refractivity contribution in [2.75, 3.05) is 19.8 Å². The molecular formula is C18H29NO2. The topological polar surface area (TPSA) is 30.5 Å². The number of hydrogen-bond acceptors (Lipinski definition) is 3. The summed E-state index contributed by atoms with van der Waals surface area (Å²) < 4.78 is 11.6. The second-order valence-corrected chi connectivity index (χ2v) is 6.07. The van der Waals surface area contributed by atoms with E-state index in [1.807, 2.05) is 24.3 Å². The van der Waals surface area contributed by atoms with Crippen molar-refractivity contribution >= 4 is 0 Å². The van der Waals surface area contributed by atoms with Gasteiger partial charge in [-0.1, -0.05) is 38.8 Å². The molecule has 1 N–H and O–H groups in total. The highest BCUT2D eigenvalue weighted by Crippen LogP contribution is 2.26. The Morgan fingerprint density at radius 2 is 1.81 bits per heavy atom. The molecule has 0 saturated heterocycles. The molecular weight excluding hydrogens is 262 g/mol. The summed E-state index contributed by atoms with van der Waals surface area (Å²) in [7, 11) is 0. The first-order valence-electron chi connectivity index (χ1n) is 8.37. The predicted molar refractivity (Wildman–Crippen MR) is 87.1 cm³/mol. The molecule has 1 aliphatic carbocycles. The van der Waals surface area contributed by atoms with Gasteiger partial charge >= 0.3 is 0 Å². The van der Waals surface area contributed by atoms with Crippen LogP contribution in [-0.2, 0) is 0 Å². The molecule has 0 spiro atoms. The van der Waals surface area contributed by atoms with Gasteiger partial charge in [-0.05, 0) is 37.3 Å². The van der Waals surface area contributed by atoms with Crippen LogP contribution in [0.5, 0.6) is 11.5 Å². The van der Waals surface area contributed by atoms with Crippen LogP contribution in [-0.4, -0.2) is 25.8 Å². The third-order valence-electron chi connectivity index (χ3n) is 4.04. The van der Waals surface area contributed by atoms with Crippen LogP contribution in [0.25, 0.3) is 0 Å². The molecule has 21 heavy (non-hydrogen) atoms. The lowest BCUT2D eigenvalue weighted by molar-refractivity contribution is 0.250. The summed E-state index contributed by atoms with van der Waals surface area (Å²) in [4.78, 5) is 0. The summed E-state index contributed by atoms with van der Waals surface area (Å²) in [5, 5.41) is 3.62. The van der Waals surface area contributed by atoms with Crippen LogP contribution >= 0.6 is 0 Å². The summed E-state index contributed by atoms with van der Waals surface area (Å²) in [5.41, 5.74) is 0. The molecule has 1 aromatic carbocycles.